The molecule has 0 N–H and O–H groups in total. The molecule has 0 aliphatic carbocycles. The summed E-state index contributed by atoms with van der Waals surface area (Å²) in [5.74, 6) is 2.60. The van der Waals surface area contributed by atoms with Crippen LogP contribution in [-0.4, -0.2) is 12.8 Å². The van der Waals surface area contributed by atoms with Crippen LogP contribution in [0.2, 0.25) is 0 Å². The van der Waals surface area contributed by atoms with E-state index in [1.54, 1.807) is 24.3 Å². The Morgan fingerprint density at radius 2 is 1.20 bits per heavy atom. The predicted octanol–water partition coefficient (Wildman–Crippen LogP) is 3.52. The van der Waals surface area contributed by atoms with Crippen molar-refractivity contribution in [1.29, 1.82) is 0 Å². The Balaban J connectivity index is 0.000000123. The standard InChI is InChI=1S/C8H7FO2.C7H6O2/c1-8(9)10-6-4-2-3-5-7(6)11-8;1-2-4-7-6(3-1)8-5-9-7/h2-5H,1H3;1-4H,5H2. The maximum atomic E-state index is 13.0. The third kappa shape index (κ3) is 2.61. The highest BCUT2D eigenvalue weighted by Gasteiger charge is 2.36. The van der Waals surface area contributed by atoms with Gasteiger partial charge in [0.15, 0.2) is 23.0 Å². The van der Waals surface area contributed by atoms with E-state index >= 15 is 0 Å². The van der Waals surface area contributed by atoms with Crippen LogP contribution in [0.5, 0.6) is 23.0 Å². The van der Waals surface area contributed by atoms with E-state index in [0.29, 0.717) is 18.3 Å². The molecule has 20 heavy (non-hydrogen) atoms. The van der Waals surface area contributed by atoms with Crippen LogP contribution >= 0.6 is 0 Å². The van der Waals surface area contributed by atoms with Crippen LogP contribution in [0.25, 0.3) is 0 Å². The molecule has 0 unspecified atom stereocenters. The Kier molecular flexibility index (Phi) is 3.10. The average Bonchev–Trinajstić information content (AvgIpc) is 3.00. The maximum Gasteiger partial charge on any atom is 0.404 e. The van der Waals surface area contributed by atoms with Crippen LogP contribution in [0.1, 0.15) is 6.92 Å². The van der Waals surface area contributed by atoms with Crippen LogP contribution < -0.4 is 18.9 Å². The smallest absolute Gasteiger partial charge is 0.404 e. The number of halogens is 1. The molecule has 4 rings (SSSR count). The largest absolute Gasteiger partial charge is 0.454 e. The number of benzene rings is 2. The molecule has 0 atom stereocenters. The van der Waals surface area contributed by atoms with Crippen LogP contribution in [0, 0.1) is 0 Å². The van der Waals surface area contributed by atoms with Crippen molar-refractivity contribution in [1.82, 2.24) is 0 Å². The quantitative estimate of drug-likeness (QED) is 0.737. The Bertz CT molecular complexity index is 562. The molecule has 2 aromatic carbocycles. The summed E-state index contributed by atoms with van der Waals surface area (Å²) in [6.45, 7) is 1.59. The van der Waals surface area contributed by atoms with Gasteiger partial charge in [-0.25, -0.2) is 0 Å². The third-order valence-corrected chi connectivity index (χ3v) is 2.71. The minimum Gasteiger partial charge on any atom is -0.454 e. The van der Waals surface area contributed by atoms with Gasteiger partial charge in [0.05, 0.1) is 0 Å². The topological polar surface area (TPSA) is 36.9 Å². The van der Waals surface area contributed by atoms with Gasteiger partial charge in [0.1, 0.15) is 0 Å². The Hall–Kier alpha value is -2.43. The van der Waals surface area contributed by atoms with E-state index in [1.165, 1.54) is 6.92 Å². The summed E-state index contributed by atoms with van der Waals surface area (Å²) in [4.78, 5) is 0. The molecule has 2 aromatic rings. The van der Waals surface area contributed by atoms with E-state index in [0.717, 1.165) is 11.5 Å². The van der Waals surface area contributed by atoms with Crippen LogP contribution in [0.15, 0.2) is 48.5 Å². The molecule has 2 aliphatic rings. The summed E-state index contributed by atoms with van der Waals surface area (Å²) in [7, 11) is 0. The highest BCUT2D eigenvalue weighted by molar-refractivity contribution is 5.42. The molecular formula is C15H13FO4. The van der Waals surface area contributed by atoms with Gasteiger partial charge in [-0.15, -0.1) is 0 Å². The first kappa shape index (κ1) is 12.6. The molecule has 0 fully saturated rings. The second-order valence-corrected chi connectivity index (χ2v) is 4.34. The van der Waals surface area contributed by atoms with Gasteiger partial charge < -0.3 is 18.9 Å². The van der Waals surface area contributed by atoms with E-state index in [4.69, 9.17) is 18.9 Å². The van der Waals surface area contributed by atoms with E-state index < -0.39 is 6.04 Å². The van der Waals surface area contributed by atoms with Gasteiger partial charge in [0.25, 0.3) is 0 Å². The maximum absolute atomic E-state index is 13.0. The molecule has 104 valence electrons. The van der Waals surface area contributed by atoms with Crippen molar-refractivity contribution in [2.75, 3.05) is 6.79 Å². The van der Waals surface area contributed by atoms with E-state index in [9.17, 15) is 4.39 Å². The van der Waals surface area contributed by atoms with E-state index in [2.05, 4.69) is 0 Å². The lowest BCUT2D eigenvalue weighted by atomic mass is 10.3. The molecule has 2 aliphatic heterocycles. The first-order chi connectivity index (χ1) is 9.64. The first-order valence-electron chi connectivity index (χ1n) is 6.15. The normalized spacial score (nSPS) is 16.3. The zero-order valence-corrected chi connectivity index (χ0v) is 10.8. The average molecular weight is 276 g/mol. The van der Waals surface area contributed by atoms with E-state index in [1.807, 2.05) is 24.3 Å². The fourth-order valence-electron chi connectivity index (χ4n) is 1.88. The van der Waals surface area contributed by atoms with Crippen molar-refractivity contribution in [3.05, 3.63) is 48.5 Å². The lowest BCUT2D eigenvalue weighted by molar-refractivity contribution is -0.173. The summed E-state index contributed by atoms with van der Waals surface area (Å²) < 4.78 is 32.7. The van der Waals surface area contributed by atoms with Crippen LogP contribution in [0.3, 0.4) is 0 Å². The second kappa shape index (κ2) is 4.92. The van der Waals surface area contributed by atoms with Gasteiger partial charge in [-0.1, -0.05) is 24.3 Å². The number of fused-ring (bicyclic) bond motifs is 2. The minimum absolute atomic E-state index is 0.360. The van der Waals surface area contributed by atoms with Crippen molar-refractivity contribution in [2.45, 2.75) is 13.0 Å². The summed E-state index contributed by atoms with van der Waals surface area (Å²) >= 11 is 0. The van der Waals surface area contributed by atoms with Gasteiger partial charge in [0.2, 0.25) is 6.79 Å². The van der Waals surface area contributed by atoms with Crippen molar-refractivity contribution in [3.63, 3.8) is 0 Å². The molecule has 5 heteroatoms. The van der Waals surface area contributed by atoms with Crippen LogP contribution in [0.4, 0.5) is 4.39 Å². The molecular weight excluding hydrogens is 263 g/mol. The molecule has 0 radical (unpaired) electrons. The number of hydrogen-bond acceptors (Lipinski definition) is 4. The lowest BCUT2D eigenvalue weighted by Gasteiger charge is -2.10. The van der Waals surface area contributed by atoms with E-state index in [-0.39, 0.29) is 0 Å². The third-order valence-electron chi connectivity index (χ3n) is 2.71. The molecule has 0 spiro atoms. The zero-order chi connectivity index (χ0) is 14.0. The predicted molar refractivity (Wildman–Crippen MR) is 69.8 cm³/mol. The Labute approximate surface area is 115 Å². The number of hydrogen-bond donors (Lipinski definition) is 0. The van der Waals surface area contributed by atoms with Gasteiger partial charge in [-0.05, 0) is 24.3 Å². The summed E-state index contributed by atoms with van der Waals surface area (Å²) in [6, 6.07) is 12.5. The zero-order valence-electron chi connectivity index (χ0n) is 10.8. The second-order valence-electron chi connectivity index (χ2n) is 4.34. The SMILES string of the molecule is CC1(F)Oc2ccccc2O1.c1ccc2c(c1)OCO2. The molecule has 4 nitrogen and oxygen atoms in total. The molecule has 0 bridgehead atoms. The summed E-state index contributed by atoms with van der Waals surface area (Å²) in [5, 5.41) is 0. The fraction of sp³-hybridized carbons (Fsp3) is 0.200. The molecule has 0 saturated carbocycles. The Morgan fingerprint density at radius 1 is 0.800 bits per heavy atom. The fourth-order valence-corrected chi connectivity index (χ4v) is 1.88. The number of ether oxygens (including phenoxy) is 4. The summed E-state index contributed by atoms with van der Waals surface area (Å²) in [5.41, 5.74) is 0. The number of alkyl halides is 1. The highest BCUT2D eigenvalue weighted by Crippen LogP contribution is 2.39. The van der Waals surface area contributed by atoms with Crippen molar-refractivity contribution >= 4 is 0 Å². The highest BCUT2D eigenvalue weighted by atomic mass is 19.2. The van der Waals surface area contributed by atoms with Gasteiger partial charge >= 0.3 is 6.04 Å². The monoisotopic (exact) mass is 276 g/mol. The Morgan fingerprint density at radius 3 is 1.65 bits per heavy atom. The molecule has 0 aromatic heterocycles. The lowest BCUT2D eigenvalue weighted by Crippen LogP contribution is -2.27. The van der Waals surface area contributed by atoms with Gasteiger partial charge in [0, 0.05) is 6.92 Å². The molecule has 0 saturated heterocycles. The van der Waals surface area contributed by atoms with Crippen molar-refractivity contribution in [3.8, 4) is 23.0 Å². The molecule has 0 amide bonds. The minimum atomic E-state index is -2.00. The van der Waals surface area contributed by atoms with Crippen LogP contribution in [-0.2, 0) is 0 Å². The number of para-hydroxylation sites is 4. The molecule has 2 heterocycles. The van der Waals surface area contributed by atoms with Crippen molar-refractivity contribution in [2.24, 2.45) is 0 Å². The van der Waals surface area contributed by atoms with Gasteiger partial charge in [-0.2, -0.15) is 4.39 Å². The summed E-state index contributed by atoms with van der Waals surface area (Å²) in [6.07, 6.45) is 0. The van der Waals surface area contributed by atoms with Crippen molar-refractivity contribution < 1.29 is 23.3 Å². The van der Waals surface area contributed by atoms with Gasteiger partial charge in [-0.3, -0.25) is 0 Å². The number of rotatable bonds is 0. The first-order valence-corrected chi connectivity index (χ1v) is 6.15.